The number of aromatic nitrogens is 1. The van der Waals surface area contributed by atoms with Gasteiger partial charge in [0, 0.05) is 16.1 Å². The van der Waals surface area contributed by atoms with Crippen molar-refractivity contribution in [1.82, 2.24) is 4.98 Å². The van der Waals surface area contributed by atoms with Crippen LogP contribution in [0.2, 0.25) is 0 Å². The monoisotopic (exact) mass is 305 g/mol. The second-order valence-corrected chi connectivity index (χ2v) is 5.68. The molecule has 1 aliphatic rings. The summed E-state index contributed by atoms with van der Waals surface area (Å²) in [6.45, 7) is 0. The third-order valence-electron chi connectivity index (χ3n) is 3.53. The highest BCUT2D eigenvalue weighted by atomic mass is 79.9. The second-order valence-electron chi connectivity index (χ2n) is 4.82. The third-order valence-corrected chi connectivity index (χ3v) is 4.17. The van der Waals surface area contributed by atoms with Crippen LogP contribution in [0.3, 0.4) is 0 Å². The number of halogens is 1. The molecule has 0 unspecified atom stereocenters. The highest BCUT2D eigenvalue weighted by molar-refractivity contribution is 9.10. The maximum atomic E-state index is 6.16. The summed E-state index contributed by atoms with van der Waals surface area (Å²) in [6.07, 6.45) is 8.49. The fourth-order valence-electron chi connectivity index (χ4n) is 2.58. The summed E-state index contributed by atoms with van der Waals surface area (Å²) in [6, 6.07) is 8.09. The molecule has 1 fully saturated rings. The SMILES string of the molecule is Brc1cccc2c(OC3CCCCC3)ccnc12. The van der Waals surface area contributed by atoms with Crippen LogP contribution in [0.4, 0.5) is 0 Å². The molecule has 0 N–H and O–H groups in total. The smallest absolute Gasteiger partial charge is 0.130 e. The first-order chi connectivity index (χ1) is 8.84. The standard InChI is InChI=1S/C15H16BrNO/c16-13-8-4-7-12-14(9-10-17-15(12)13)18-11-5-2-1-3-6-11/h4,7-11H,1-3,5-6H2. The average molecular weight is 306 g/mol. The lowest BCUT2D eigenvalue weighted by molar-refractivity contribution is 0.157. The Hall–Kier alpha value is -1.09. The van der Waals surface area contributed by atoms with Crippen molar-refractivity contribution in [2.45, 2.75) is 38.2 Å². The molecule has 3 heteroatoms. The predicted octanol–water partition coefficient (Wildman–Crippen LogP) is 4.71. The van der Waals surface area contributed by atoms with Gasteiger partial charge in [0.1, 0.15) is 5.75 Å². The van der Waals surface area contributed by atoms with Crippen molar-refractivity contribution >= 4 is 26.8 Å². The second kappa shape index (κ2) is 5.27. The molecule has 1 saturated carbocycles. The molecule has 1 heterocycles. The minimum atomic E-state index is 0.378. The molecule has 2 aromatic rings. The molecule has 18 heavy (non-hydrogen) atoms. The minimum Gasteiger partial charge on any atom is -0.490 e. The van der Waals surface area contributed by atoms with E-state index in [1.165, 1.54) is 32.1 Å². The van der Waals surface area contributed by atoms with Gasteiger partial charge in [-0.1, -0.05) is 12.5 Å². The first-order valence-electron chi connectivity index (χ1n) is 6.54. The first kappa shape index (κ1) is 12.0. The number of rotatable bonds is 2. The van der Waals surface area contributed by atoms with Crippen LogP contribution in [0.5, 0.6) is 5.75 Å². The van der Waals surface area contributed by atoms with E-state index in [9.17, 15) is 0 Å². The summed E-state index contributed by atoms with van der Waals surface area (Å²) >= 11 is 3.54. The maximum Gasteiger partial charge on any atom is 0.130 e. The van der Waals surface area contributed by atoms with Gasteiger partial charge < -0.3 is 4.74 Å². The van der Waals surface area contributed by atoms with Crippen molar-refractivity contribution in [1.29, 1.82) is 0 Å². The largest absolute Gasteiger partial charge is 0.490 e. The fraction of sp³-hybridized carbons (Fsp3) is 0.400. The molecular formula is C15H16BrNO. The summed E-state index contributed by atoms with van der Waals surface area (Å²) < 4.78 is 7.19. The van der Waals surface area contributed by atoms with Crippen LogP contribution >= 0.6 is 15.9 Å². The highest BCUT2D eigenvalue weighted by Crippen LogP contribution is 2.31. The van der Waals surface area contributed by atoms with Crippen LogP contribution in [-0.4, -0.2) is 11.1 Å². The fourth-order valence-corrected chi connectivity index (χ4v) is 3.05. The topological polar surface area (TPSA) is 22.1 Å². The molecule has 1 aromatic carbocycles. The van der Waals surface area contributed by atoms with E-state index in [0.717, 1.165) is 21.1 Å². The summed E-state index contributed by atoms with van der Waals surface area (Å²) in [4.78, 5) is 4.41. The molecule has 1 aliphatic carbocycles. The van der Waals surface area contributed by atoms with Crippen LogP contribution in [0.25, 0.3) is 10.9 Å². The molecule has 0 radical (unpaired) electrons. The van der Waals surface area contributed by atoms with Crippen molar-refractivity contribution in [3.8, 4) is 5.75 Å². The minimum absolute atomic E-state index is 0.378. The Morgan fingerprint density at radius 3 is 2.78 bits per heavy atom. The van der Waals surface area contributed by atoms with E-state index < -0.39 is 0 Å². The Morgan fingerprint density at radius 1 is 1.11 bits per heavy atom. The van der Waals surface area contributed by atoms with Gasteiger partial charge in [0.15, 0.2) is 0 Å². The number of ether oxygens (including phenoxy) is 1. The van der Waals surface area contributed by atoms with Crippen molar-refractivity contribution in [3.05, 3.63) is 34.9 Å². The Labute approximate surface area is 115 Å². The molecule has 1 aromatic heterocycles. The zero-order valence-corrected chi connectivity index (χ0v) is 11.8. The lowest BCUT2D eigenvalue weighted by Crippen LogP contribution is -2.19. The third kappa shape index (κ3) is 2.37. The number of benzene rings is 1. The van der Waals surface area contributed by atoms with Crippen LogP contribution in [0.1, 0.15) is 32.1 Å². The van der Waals surface area contributed by atoms with Crippen molar-refractivity contribution < 1.29 is 4.74 Å². The van der Waals surface area contributed by atoms with Gasteiger partial charge in [-0.3, -0.25) is 4.98 Å². The maximum absolute atomic E-state index is 6.16. The van der Waals surface area contributed by atoms with Gasteiger partial charge >= 0.3 is 0 Å². The zero-order valence-electron chi connectivity index (χ0n) is 10.2. The van der Waals surface area contributed by atoms with Crippen LogP contribution in [0.15, 0.2) is 34.9 Å². The van der Waals surface area contributed by atoms with Crippen molar-refractivity contribution in [2.24, 2.45) is 0 Å². The molecule has 2 nitrogen and oxygen atoms in total. The Kier molecular flexibility index (Phi) is 3.50. The van der Waals surface area contributed by atoms with Gasteiger partial charge in [0.2, 0.25) is 0 Å². The van der Waals surface area contributed by atoms with E-state index in [-0.39, 0.29) is 0 Å². The van der Waals surface area contributed by atoms with Crippen molar-refractivity contribution in [2.75, 3.05) is 0 Å². The number of hydrogen-bond acceptors (Lipinski definition) is 2. The molecule has 0 amide bonds. The van der Waals surface area contributed by atoms with Gasteiger partial charge in [0.05, 0.1) is 11.6 Å². The van der Waals surface area contributed by atoms with Crippen LogP contribution in [-0.2, 0) is 0 Å². The number of hydrogen-bond donors (Lipinski definition) is 0. The highest BCUT2D eigenvalue weighted by Gasteiger charge is 2.16. The normalized spacial score (nSPS) is 16.9. The van der Waals surface area contributed by atoms with Crippen LogP contribution < -0.4 is 4.74 Å². The molecule has 3 rings (SSSR count). The van der Waals surface area contributed by atoms with Gasteiger partial charge in [-0.25, -0.2) is 0 Å². The predicted molar refractivity (Wildman–Crippen MR) is 76.9 cm³/mol. The van der Waals surface area contributed by atoms with Crippen LogP contribution in [0, 0.1) is 0 Å². The van der Waals surface area contributed by atoms with Gasteiger partial charge in [-0.2, -0.15) is 0 Å². The Balaban J connectivity index is 1.93. The number of nitrogens with zero attached hydrogens (tertiary/aromatic N) is 1. The molecule has 0 atom stereocenters. The van der Waals surface area contributed by atoms with Gasteiger partial charge in [-0.15, -0.1) is 0 Å². The Bertz CT molecular complexity index is 549. The summed E-state index contributed by atoms with van der Waals surface area (Å²) in [5.74, 6) is 0.966. The van der Waals surface area contributed by atoms with E-state index >= 15 is 0 Å². The molecular weight excluding hydrogens is 290 g/mol. The van der Waals surface area contributed by atoms with E-state index in [4.69, 9.17) is 4.74 Å². The van der Waals surface area contributed by atoms with E-state index in [1.54, 1.807) is 0 Å². The number of fused-ring (bicyclic) bond motifs is 1. The number of pyridine rings is 1. The Morgan fingerprint density at radius 2 is 1.94 bits per heavy atom. The summed E-state index contributed by atoms with van der Waals surface area (Å²) in [7, 11) is 0. The molecule has 0 aliphatic heterocycles. The quantitative estimate of drug-likeness (QED) is 0.801. The lowest BCUT2D eigenvalue weighted by atomic mass is 9.98. The molecule has 0 saturated heterocycles. The van der Waals surface area contributed by atoms with Gasteiger partial charge in [0.25, 0.3) is 0 Å². The van der Waals surface area contributed by atoms with E-state index in [2.05, 4.69) is 27.0 Å². The van der Waals surface area contributed by atoms with E-state index in [1.807, 2.05) is 24.4 Å². The summed E-state index contributed by atoms with van der Waals surface area (Å²) in [5, 5.41) is 1.09. The lowest BCUT2D eigenvalue weighted by Gasteiger charge is -2.23. The average Bonchev–Trinajstić information content (AvgIpc) is 2.41. The first-order valence-corrected chi connectivity index (χ1v) is 7.34. The van der Waals surface area contributed by atoms with Gasteiger partial charge in [-0.05, 0) is 59.8 Å². The zero-order chi connectivity index (χ0) is 12.4. The molecule has 0 bridgehead atoms. The molecule has 94 valence electrons. The van der Waals surface area contributed by atoms with E-state index in [0.29, 0.717) is 6.10 Å². The summed E-state index contributed by atoms with van der Waals surface area (Å²) in [5.41, 5.74) is 0.978. The number of para-hydroxylation sites is 1. The molecule has 0 spiro atoms. The van der Waals surface area contributed by atoms with Crippen molar-refractivity contribution in [3.63, 3.8) is 0 Å².